The molecule has 0 N–H and O–H groups in total. The fraction of sp³-hybridized carbons (Fsp3) is 0. The average molecular weight is 1410 g/mol. The quantitative estimate of drug-likeness (QED) is 0.135. The van der Waals surface area contributed by atoms with E-state index < -0.39 is 0 Å². The van der Waals surface area contributed by atoms with Crippen LogP contribution in [0.2, 0.25) is 0 Å². The molecule has 18 aromatic carbocycles. The molecule has 0 radical (unpaired) electrons. The van der Waals surface area contributed by atoms with Crippen molar-refractivity contribution in [3.8, 4) is 73.3 Å². The van der Waals surface area contributed by atoms with Crippen LogP contribution in [0.1, 0.15) is 0 Å². The molecule has 0 aliphatic heterocycles. The van der Waals surface area contributed by atoms with Gasteiger partial charge >= 0.3 is 0 Å². The van der Waals surface area contributed by atoms with Gasteiger partial charge in [0.1, 0.15) is 0 Å². The molecule has 7 heteroatoms. The highest BCUT2D eigenvalue weighted by Crippen LogP contribution is 2.45. The molecule has 0 bridgehead atoms. The van der Waals surface area contributed by atoms with Crippen LogP contribution in [0.3, 0.4) is 0 Å². The fourth-order valence-electron chi connectivity index (χ4n) is 18.5. The minimum Gasteiger partial charge on any atom is -0.309 e. The Kier molecular flexibility index (Phi) is 13.1. The van der Waals surface area contributed by atoms with Crippen LogP contribution in [0, 0.1) is 0 Å². The summed E-state index contributed by atoms with van der Waals surface area (Å²) >= 11 is 0. The van der Waals surface area contributed by atoms with E-state index in [1.807, 2.05) is 0 Å². The van der Waals surface area contributed by atoms with Crippen LogP contribution >= 0.6 is 0 Å². The van der Waals surface area contributed by atoms with Crippen molar-refractivity contribution in [2.24, 2.45) is 0 Å². The monoisotopic (exact) mass is 1410 g/mol. The van der Waals surface area contributed by atoms with E-state index in [9.17, 15) is 0 Å². The van der Waals surface area contributed by atoms with Gasteiger partial charge in [0, 0.05) is 92.9 Å². The van der Waals surface area contributed by atoms with Gasteiger partial charge in [0.2, 0.25) is 5.95 Å². The number of benzene rings is 18. The standard InChI is InChI=1S/C104H63N7/c1-2-25-76(26-3-1)107-92-33-14-10-29-81(92)86-58-69(40-49-96(86)107)70-41-50-97-87(59-70)82-30-11-15-34-93(82)108(97)77-27-18-24-75(57-77)102-85-48-39-66-21-8-9-28-80(66)103(85)106-104(105-102)111-100-53-44-73(71-42-51-98-88(60-71)83-31-12-16-35-94(83)109(98)78-46-37-64-19-4-6-22-67(64)55-78)62-90(100)91-63-74(45-54-101(91)111)72-43-52-99-89(61-72)84-32-13-17-36-95(84)110(99)79-47-38-65-20-5-7-23-68(65)56-79/h1-63H. The molecule has 111 heavy (non-hydrogen) atoms. The second-order valence-corrected chi connectivity index (χ2v) is 29.6. The van der Waals surface area contributed by atoms with Gasteiger partial charge in [-0.25, -0.2) is 9.97 Å². The van der Waals surface area contributed by atoms with E-state index >= 15 is 0 Å². The summed E-state index contributed by atoms with van der Waals surface area (Å²) in [5.74, 6) is 0.595. The lowest BCUT2D eigenvalue weighted by Gasteiger charge is -2.15. The average Bonchev–Trinajstić information content (AvgIpc) is 1.69. The minimum absolute atomic E-state index is 0.595. The molecule has 0 saturated carbocycles. The molecule has 24 rings (SSSR count). The smallest absolute Gasteiger partial charge is 0.235 e. The summed E-state index contributed by atoms with van der Waals surface area (Å²) < 4.78 is 12.0. The van der Waals surface area contributed by atoms with Crippen molar-refractivity contribution in [2.45, 2.75) is 0 Å². The van der Waals surface area contributed by atoms with Crippen LogP contribution in [0.5, 0.6) is 0 Å². The summed E-state index contributed by atoms with van der Waals surface area (Å²) in [4.78, 5) is 11.7. The summed E-state index contributed by atoms with van der Waals surface area (Å²) in [5, 5.41) is 19.9. The number of hydrogen-bond acceptors (Lipinski definition) is 2. The summed E-state index contributed by atoms with van der Waals surface area (Å²) in [6, 6.07) is 141. The molecule has 0 aliphatic carbocycles. The zero-order valence-corrected chi connectivity index (χ0v) is 60.0. The lowest BCUT2D eigenvalue weighted by Crippen LogP contribution is -2.04. The van der Waals surface area contributed by atoms with Crippen LogP contribution in [-0.2, 0) is 0 Å². The van der Waals surface area contributed by atoms with E-state index in [0.717, 1.165) is 122 Å². The van der Waals surface area contributed by atoms with Gasteiger partial charge in [-0.15, -0.1) is 0 Å². The molecular weight excluding hydrogens is 1350 g/mol. The largest absolute Gasteiger partial charge is 0.309 e. The zero-order valence-electron chi connectivity index (χ0n) is 60.0. The Bertz CT molecular complexity index is 7850. The van der Waals surface area contributed by atoms with Crippen LogP contribution in [-0.4, -0.2) is 32.8 Å². The van der Waals surface area contributed by atoms with E-state index in [1.165, 1.54) is 97.8 Å². The summed E-state index contributed by atoms with van der Waals surface area (Å²) in [5.41, 5.74) is 25.4. The van der Waals surface area contributed by atoms with Crippen molar-refractivity contribution in [1.29, 1.82) is 0 Å². The van der Waals surface area contributed by atoms with Gasteiger partial charge in [-0.2, -0.15) is 0 Å². The first-order chi connectivity index (χ1) is 55.0. The molecule has 0 saturated heterocycles. The molecule has 6 aromatic heterocycles. The maximum absolute atomic E-state index is 5.88. The molecular formula is C104H63N7. The second-order valence-electron chi connectivity index (χ2n) is 29.6. The summed E-state index contributed by atoms with van der Waals surface area (Å²) in [6.45, 7) is 0. The minimum atomic E-state index is 0.595. The molecule has 0 amide bonds. The van der Waals surface area contributed by atoms with Crippen molar-refractivity contribution >= 4 is 152 Å². The molecule has 514 valence electrons. The van der Waals surface area contributed by atoms with E-state index in [0.29, 0.717) is 5.95 Å². The van der Waals surface area contributed by atoms with Crippen LogP contribution in [0.15, 0.2) is 382 Å². The Hall–Kier alpha value is -14.9. The maximum atomic E-state index is 5.88. The van der Waals surface area contributed by atoms with Crippen molar-refractivity contribution < 1.29 is 0 Å². The Balaban J connectivity index is 0.684. The van der Waals surface area contributed by atoms with Crippen LogP contribution < -0.4 is 0 Å². The first-order valence-electron chi connectivity index (χ1n) is 38.1. The highest BCUT2D eigenvalue weighted by molar-refractivity contribution is 6.18. The fourth-order valence-corrected chi connectivity index (χ4v) is 18.5. The van der Waals surface area contributed by atoms with Crippen LogP contribution in [0.25, 0.3) is 226 Å². The Morgan fingerprint density at radius 1 is 0.153 bits per heavy atom. The first-order valence-corrected chi connectivity index (χ1v) is 38.1. The summed E-state index contributed by atoms with van der Waals surface area (Å²) in [7, 11) is 0. The Morgan fingerprint density at radius 3 is 0.901 bits per heavy atom. The Labute approximate surface area is 636 Å². The molecule has 0 atom stereocenters. The lowest BCUT2D eigenvalue weighted by atomic mass is 9.98. The van der Waals surface area contributed by atoms with Gasteiger partial charge in [0.25, 0.3) is 0 Å². The molecule has 24 aromatic rings. The normalized spacial score (nSPS) is 12.1. The van der Waals surface area contributed by atoms with E-state index in [1.54, 1.807) is 0 Å². The van der Waals surface area contributed by atoms with Crippen LogP contribution in [0.4, 0.5) is 0 Å². The van der Waals surface area contributed by atoms with Gasteiger partial charge in [-0.05, 0) is 212 Å². The lowest BCUT2D eigenvalue weighted by molar-refractivity contribution is 1.01. The Morgan fingerprint density at radius 2 is 0.468 bits per heavy atom. The third kappa shape index (κ3) is 9.33. The van der Waals surface area contributed by atoms with E-state index in [-0.39, 0.29) is 0 Å². The first kappa shape index (κ1) is 61.3. The van der Waals surface area contributed by atoms with Gasteiger partial charge in [-0.1, -0.05) is 231 Å². The molecule has 6 heterocycles. The maximum Gasteiger partial charge on any atom is 0.235 e. The van der Waals surface area contributed by atoms with Gasteiger partial charge in [0.15, 0.2) is 0 Å². The van der Waals surface area contributed by atoms with Crippen molar-refractivity contribution in [1.82, 2.24) is 32.8 Å². The molecule has 0 unspecified atom stereocenters. The third-order valence-electron chi connectivity index (χ3n) is 23.6. The van der Waals surface area contributed by atoms with Crippen molar-refractivity contribution in [2.75, 3.05) is 0 Å². The molecule has 0 fully saturated rings. The highest BCUT2D eigenvalue weighted by atomic mass is 15.2. The van der Waals surface area contributed by atoms with Crippen molar-refractivity contribution in [3.63, 3.8) is 0 Å². The van der Waals surface area contributed by atoms with E-state index in [4.69, 9.17) is 9.97 Å². The van der Waals surface area contributed by atoms with E-state index in [2.05, 4.69) is 405 Å². The molecule has 7 nitrogen and oxygen atoms in total. The predicted molar refractivity (Wildman–Crippen MR) is 465 cm³/mol. The van der Waals surface area contributed by atoms with Gasteiger partial charge < -0.3 is 18.3 Å². The predicted octanol–water partition coefficient (Wildman–Crippen LogP) is 27.2. The zero-order chi connectivity index (χ0) is 72.5. The summed E-state index contributed by atoms with van der Waals surface area (Å²) in [6.07, 6.45) is 0. The van der Waals surface area contributed by atoms with Crippen molar-refractivity contribution in [3.05, 3.63) is 382 Å². The van der Waals surface area contributed by atoms with Gasteiger partial charge in [-0.3, -0.25) is 4.57 Å². The highest BCUT2D eigenvalue weighted by Gasteiger charge is 2.24. The molecule has 0 spiro atoms. The number of hydrogen-bond donors (Lipinski definition) is 0. The number of rotatable bonds is 9. The third-order valence-corrected chi connectivity index (χ3v) is 23.6. The topological polar surface area (TPSA) is 50.4 Å². The molecule has 0 aliphatic rings. The number of fused-ring (bicyclic) bond motifs is 20. The number of aromatic nitrogens is 7. The SMILES string of the molecule is c1ccc(-n2c3ccccc3c3cc(-c4ccc5c(c4)c4ccccc4n5-c4cccc(-c5nc(-n6c7ccc(-c8ccc9c(c8)c8ccccc8n9-c8ccc9ccccc9c8)cc7c7cc(-c8ccc9c(c8)c8ccccc8n9-c8ccc9ccccc9c8)ccc76)nc6c5ccc5ccccc56)c4)ccc32)cc1. The number of para-hydroxylation sites is 5. The number of nitrogens with zero attached hydrogens (tertiary/aromatic N) is 7. The second kappa shape index (κ2) is 23.8. The van der Waals surface area contributed by atoms with Gasteiger partial charge in [0.05, 0.1) is 66.4 Å².